The van der Waals surface area contributed by atoms with E-state index in [1.807, 2.05) is 11.8 Å². The van der Waals surface area contributed by atoms with Crippen molar-refractivity contribution in [1.82, 2.24) is 5.32 Å². The molecule has 1 unspecified atom stereocenters. The molecule has 0 heterocycles. The normalized spacial score (nSPS) is 12.4. The molecule has 76 valence electrons. The maximum Gasteiger partial charge on any atom is 0.104 e. The van der Waals surface area contributed by atoms with Crippen LogP contribution in [0, 0.1) is 11.3 Å². The summed E-state index contributed by atoms with van der Waals surface area (Å²) in [6.45, 7) is 5.26. The Bertz CT molecular complexity index is 142. The van der Waals surface area contributed by atoms with Gasteiger partial charge >= 0.3 is 0 Å². The van der Waals surface area contributed by atoms with Crippen molar-refractivity contribution in [3.05, 3.63) is 0 Å². The van der Waals surface area contributed by atoms with E-state index in [1.54, 1.807) is 0 Å². The van der Waals surface area contributed by atoms with Gasteiger partial charge in [0.05, 0.1) is 6.07 Å². The van der Waals surface area contributed by atoms with Gasteiger partial charge in [0.15, 0.2) is 0 Å². The second kappa shape index (κ2) is 9.88. The van der Waals surface area contributed by atoms with Crippen LogP contribution < -0.4 is 5.32 Å². The number of nitrogens with one attached hydrogen (secondary N) is 1. The van der Waals surface area contributed by atoms with Gasteiger partial charge in [-0.3, -0.25) is 0 Å². The highest BCUT2D eigenvalue weighted by molar-refractivity contribution is 7.99. The van der Waals surface area contributed by atoms with E-state index >= 15 is 0 Å². The van der Waals surface area contributed by atoms with E-state index in [2.05, 4.69) is 25.2 Å². The standard InChI is InChI=1S/C10H20N2S/c1-3-5-7-13-9-10(8-11)12-6-4-2/h10,12H,3-7,9H2,1-2H3. The second-order valence-corrected chi connectivity index (χ2v) is 4.21. The van der Waals surface area contributed by atoms with Crippen molar-refractivity contribution in [2.75, 3.05) is 18.1 Å². The van der Waals surface area contributed by atoms with Crippen LogP contribution in [0.15, 0.2) is 0 Å². The summed E-state index contributed by atoms with van der Waals surface area (Å²) in [4.78, 5) is 0. The lowest BCUT2D eigenvalue weighted by Crippen LogP contribution is -2.30. The first-order valence-corrected chi connectivity index (χ1v) is 6.21. The lowest BCUT2D eigenvalue weighted by atomic mass is 10.3. The molecular weight excluding hydrogens is 180 g/mol. The lowest BCUT2D eigenvalue weighted by Gasteiger charge is -2.09. The number of rotatable bonds is 8. The number of hydrogen-bond donors (Lipinski definition) is 1. The fourth-order valence-electron chi connectivity index (χ4n) is 0.908. The molecule has 0 aromatic heterocycles. The highest BCUT2D eigenvalue weighted by Crippen LogP contribution is 2.05. The highest BCUT2D eigenvalue weighted by atomic mass is 32.2. The Morgan fingerprint density at radius 2 is 2.15 bits per heavy atom. The molecule has 13 heavy (non-hydrogen) atoms. The van der Waals surface area contributed by atoms with Crippen molar-refractivity contribution in [3.8, 4) is 6.07 Å². The average molecular weight is 200 g/mol. The summed E-state index contributed by atoms with van der Waals surface area (Å²) in [7, 11) is 0. The Balaban J connectivity index is 3.32. The van der Waals surface area contributed by atoms with E-state index in [0.717, 1.165) is 18.7 Å². The van der Waals surface area contributed by atoms with Crippen LogP contribution in [0.3, 0.4) is 0 Å². The van der Waals surface area contributed by atoms with Crippen LogP contribution >= 0.6 is 11.8 Å². The Hall–Kier alpha value is -0.200. The van der Waals surface area contributed by atoms with Crippen molar-refractivity contribution in [2.24, 2.45) is 0 Å². The third kappa shape index (κ3) is 8.14. The fraction of sp³-hybridized carbons (Fsp3) is 0.900. The van der Waals surface area contributed by atoms with Crippen LogP contribution in [-0.4, -0.2) is 24.1 Å². The van der Waals surface area contributed by atoms with Crippen molar-refractivity contribution >= 4 is 11.8 Å². The Labute approximate surface area is 86.1 Å². The third-order valence-corrected chi connectivity index (χ3v) is 2.87. The molecule has 3 heteroatoms. The van der Waals surface area contributed by atoms with Gasteiger partial charge in [0, 0.05) is 5.75 Å². The van der Waals surface area contributed by atoms with Gasteiger partial charge < -0.3 is 5.32 Å². The van der Waals surface area contributed by atoms with Gasteiger partial charge in [-0.25, -0.2) is 0 Å². The average Bonchev–Trinajstić information content (AvgIpc) is 2.17. The summed E-state index contributed by atoms with van der Waals surface area (Å²) in [5.41, 5.74) is 0. The predicted octanol–water partition coefficient (Wildman–Crippen LogP) is 2.41. The molecule has 0 aliphatic rings. The number of hydrogen-bond acceptors (Lipinski definition) is 3. The molecule has 0 saturated heterocycles. The van der Waals surface area contributed by atoms with Crippen LogP contribution in [0.4, 0.5) is 0 Å². The third-order valence-electron chi connectivity index (χ3n) is 1.72. The smallest absolute Gasteiger partial charge is 0.104 e. The minimum atomic E-state index is 0.0433. The van der Waals surface area contributed by atoms with Crippen molar-refractivity contribution in [2.45, 2.75) is 39.2 Å². The van der Waals surface area contributed by atoms with E-state index < -0.39 is 0 Å². The molecule has 0 rings (SSSR count). The van der Waals surface area contributed by atoms with Gasteiger partial charge in [0.2, 0.25) is 0 Å². The van der Waals surface area contributed by atoms with E-state index in [1.165, 1.54) is 18.6 Å². The monoisotopic (exact) mass is 200 g/mol. The zero-order chi connectivity index (χ0) is 9.94. The molecule has 2 nitrogen and oxygen atoms in total. The fourth-order valence-corrected chi connectivity index (χ4v) is 2.00. The van der Waals surface area contributed by atoms with E-state index in [0.29, 0.717) is 0 Å². The first kappa shape index (κ1) is 12.8. The molecule has 0 fully saturated rings. The minimum Gasteiger partial charge on any atom is -0.301 e. The van der Waals surface area contributed by atoms with Gasteiger partial charge in [-0.2, -0.15) is 17.0 Å². The highest BCUT2D eigenvalue weighted by Gasteiger charge is 2.04. The zero-order valence-corrected chi connectivity index (χ0v) is 9.49. The molecule has 0 saturated carbocycles. The van der Waals surface area contributed by atoms with Gasteiger partial charge in [-0.1, -0.05) is 20.3 Å². The maximum atomic E-state index is 8.78. The van der Waals surface area contributed by atoms with E-state index in [-0.39, 0.29) is 6.04 Å². The molecule has 1 N–H and O–H groups in total. The summed E-state index contributed by atoms with van der Waals surface area (Å²) in [6.07, 6.45) is 3.60. The molecule has 0 radical (unpaired) electrons. The van der Waals surface area contributed by atoms with Crippen LogP contribution in [0.2, 0.25) is 0 Å². The Morgan fingerprint density at radius 3 is 2.69 bits per heavy atom. The Morgan fingerprint density at radius 1 is 1.38 bits per heavy atom. The Kier molecular flexibility index (Phi) is 9.73. The van der Waals surface area contributed by atoms with Gasteiger partial charge in [-0.15, -0.1) is 0 Å². The van der Waals surface area contributed by atoms with Crippen LogP contribution in [0.5, 0.6) is 0 Å². The predicted molar refractivity (Wildman–Crippen MR) is 59.9 cm³/mol. The first-order chi connectivity index (χ1) is 6.35. The molecule has 1 atom stereocenters. The second-order valence-electron chi connectivity index (χ2n) is 3.06. The number of nitrogens with zero attached hydrogens (tertiary/aromatic N) is 1. The van der Waals surface area contributed by atoms with Crippen LogP contribution in [0.25, 0.3) is 0 Å². The van der Waals surface area contributed by atoms with Crippen molar-refractivity contribution in [3.63, 3.8) is 0 Å². The number of nitriles is 1. The van der Waals surface area contributed by atoms with Crippen LogP contribution in [0.1, 0.15) is 33.1 Å². The minimum absolute atomic E-state index is 0.0433. The largest absolute Gasteiger partial charge is 0.301 e. The van der Waals surface area contributed by atoms with E-state index in [4.69, 9.17) is 5.26 Å². The van der Waals surface area contributed by atoms with E-state index in [9.17, 15) is 0 Å². The van der Waals surface area contributed by atoms with Gasteiger partial charge in [-0.05, 0) is 25.1 Å². The van der Waals surface area contributed by atoms with Crippen LogP contribution in [-0.2, 0) is 0 Å². The number of unbranched alkanes of at least 4 members (excludes halogenated alkanes) is 1. The molecular formula is C10H20N2S. The SMILES string of the molecule is CCCCSCC(C#N)NCCC. The van der Waals surface area contributed by atoms with Crippen molar-refractivity contribution in [1.29, 1.82) is 5.26 Å². The summed E-state index contributed by atoms with van der Waals surface area (Å²) >= 11 is 1.88. The molecule has 0 amide bonds. The first-order valence-electron chi connectivity index (χ1n) is 5.05. The summed E-state index contributed by atoms with van der Waals surface area (Å²) in [6, 6.07) is 2.33. The molecule has 0 aromatic rings. The maximum absolute atomic E-state index is 8.78. The molecule has 0 bridgehead atoms. The molecule has 0 aromatic carbocycles. The van der Waals surface area contributed by atoms with Gasteiger partial charge in [0.1, 0.15) is 6.04 Å². The molecule has 0 spiro atoms. The summed E-state index contributed by atoms with van der Waals surface area (Å²) in [5, 5.41) is 12.0. The lowest BCUT2D eigenvalue weighted by molar-refractivity contribution is 0.637. The topological polar surface area (TPSA) is 35.8 Å². The molecule has 0 aliphatic heterocycles. The summed E-state index contributed by atoms with van der Waals surface area (Å²) in [5.74, 6) is 2.11. The number of thioether (sulfide) groups is 1. The van der Waals surface area contributed by atoms with Crippen molar-refractivity contribution < 1.29 is 0 Å². The zero-order valence-electron chi connectivity index (χ0n) is 8.68. The summed E-state index contributed by atoms with van der Waals surface area (Å²) < 4.78 is 0. The quantitative estimate of drug-likeness (QED) is 0.611. The van der Waals surface area contributed by atoms with Gasteiger partial charge in [0.25, 0.3) is 0 Å². The molecule has 0 aliphatic carbocycles.